The van der Waals surface area contributed by atoms with E-state index in [0.717, 1.165) is 0 Å². The standard InChI is InChI=1S/C44H52N4O14/c1-25(2)41(55)33(61-32(50)29-17-12-20-45-29)42(56)37(4)24-40(54)38(41,5)44(42,57)43(62-40)31(26(3)18-19-39(37,43)53)60-30(49)21-46-34(47-35(51)58-22-27-13-8-6-9-14-27)48-36(52)59-23-28-15-10-7-11-16-28/h6-17,20,25-26,31,33,45,53-57H,18-19,21-24H2,1-5H3,(H2,46,47,48,51,52)/t26-,31+,33+,37-,38-,39-,40-,41+,42+,43+,44+/m0/s1. The number of carbonyl (C=O) groups excluding carboxylic acids is 4. The minimum Gasteiger partial charge on any atom is -0.457 e. The number of alkyl carbamates (subject to hydrolysis) is 2. The molecule has 6 aliphatic rings. The van der Waals surface area contributed by atoms with Gasteiger partial charge in [0.1, 0.15) is 54.0 Å². The predicted molar refractivity (Wildman–Crippen MR) is 214 cm³/mol. The molecule has 0 radical (unpaired) electrons. The fraction of sp³-hybridized carbons (Fsp3) is 0.523. The summed E-state index contributed by atoms with van der Waals surface area (Å²) in [5.41, 5.74) is -15.8. The number of rotatable bonds is 10. The number of esters is 2. The highest BCUT2D eigenvalue weighted by atomic mass is 16.7. The van der Waals surface area contributed by atoms with Crippen molar-refractivity contribution in [2.75, 3.05) is 6.54 Å². The van der Waals surface area contributed by atoms with Crippen LogP contribution in [0.1, 0.15) is 75.5 Å². The number of nitrogens with zero attached hydrogens (tertiary/aromatic N) is 1. The van der Waals surface area contributed by atoms with Gasteiger partial charge in [0.15, 0.2) is 17.5 Å². The number of hydrogen-bond acceptors (Lipinski definition) is 15. The molecule has 3 aromatic rings. The van der Waals surface area contributed by atoms with Gasteiger partial charge < -0.3 is 54.2 Å². The molecule has 1 aromatic heterocycles. The monoisotopic (exact) mass is 860 g/mol. The molecule has 18 heteroatoms. The molecule has 9 rings (SSSR count). The number of H-pyrrole nitrogens is 1. The summed E-state index contributed by atoms with van der Waals surface area (Å²) >= 11 is 0. The van der Waals surface area contributed by atoms with Crippen molar-refractivity contribution in [1.82, 2.24) is 15.6 Å². The molecule has 3 heterocycles. The average molecular weight is 861 g/mol. The van der Waals surface area contributed by atoms with Crippen LogP contribution >= 0.6 is 0 Å². The minimum absolute atomic E-state index is 0.0246. The first-order valence-corrected chi connectivity index (χ1v) is 20.6. The largest absolute Gasteiger partial charge is 0.457 e. The van der Waals surface area contributed by atoms with E-state index in [-0.39, 0.29) is 31.7 Å². The number of aliphatic hydroxyl groups is 5. The molecule has 6 fully saturated rings. The molecule has 0 unspecified atom stereocenters. The maximum absolute atomic E-state index is 14.0. The molecule has 11 atom stereocenters. The smallest absolute Gasteiger partial charge is 0.414 e. The third-order valence-corrected chi connectivity index (χ3v) is 14.8. The molecular formula is C44H52N4O14. The number of carbonyl (C=O) groups is 4. The second-order valence-corrected chi connectivity index (χ2v) is 17.9. The van der Waals surface area contributed by atoms with E-state index < -0.39 is 112 Å². The van der Waals surface area contributed by atoms with Gasteiger partial charge in [-0.15, -0.1) is 0 Å². The molecule has 4 saturated carbocycles. The summed E-state index contributed by atoms with van der Waals surface area (Å²) in [4.78, 5) is 60.3. The van der Waals surface area contributed by atoms with E-state index in [2.05, 4.69) is 20.6 Å². The summed E-state index contributed by atoms with van der Waals surface area (Å²) in [6.07, 6.45) is -4.67. The Labute approximate surface area is 356 Å². The molecule has 62 heavy (non-hydrogen) atoms. The van der Waals surface area contributed by atoms with Gasteiger partial charge in [-0.2, -0.15) is 0 Å². The van der Waals surface area contributed by atoms with Gasteiger partial charge in [0.2, 0.25) is 5.96 Å². The average Bonchev–Trinajstić information content (AvgIpc) is 3.87. The topological polar surface area (TPSA) is 268 Å². The van der Waals surface area contributed by atoms with Crippen LogP contribution in [0.5, 0.6) is 0 Å². The highest BCUT2D eigenvalue weighted by Gasteiger charge is 3.10. The summed E-state index contributed by atoms with van der Waals surface area (Å²) in [7, 11) is 0. The van der Waals surface area contributed by atoms with Gasteiger partial charge >= 0.3 is 24.1 Å². The Hall–Kier alpha value is -5.37. The SMILES string of the molecule is CC(C)[C@@]1(O)[C@@H](OC(=O)c2ccc[nH]2)[C@@]2(O)[C@@]3(C)C[C@]4(O)O[C@@]5([C@H](OC(=O)CN=C(NC(=O)OCc6ccccc6)NC(=O)OCc6ccccc6)[C@@H](C)CC[C@]35O)[C@@]2(O)[C@]14C. The van der Waals surface area contributed by atoms with Crippen LogP contribution in [0.15, 0.2) is 84.0 Å². The number of amides is 2. The maximum Gasteiger partial charge on any atom is 0.414 e. The van der Waals surface area contributed by atoms with Crippen LogP contribution in [0.2, 0.25) is 0 Å². The Kier molecular flexibility index (Phi) is 10.2. The zero-order chi connectivity index (χ0) is 44.7. The molecule has 4 aliphatic carbocycles. The Morgan fingerprint density at radius 1 is 0.855 bits per heavy atom. The van der Waals surface area contributed by atoms with Gasteiger partial charge in [-0.1, -0.05) is 88.4 Å². The van der Waals surface area contributed by atoms with Crippen LogP contribution in [0.3, 0.4) is 0 Å². The lowest BCUT2D eigenvalue weighted by molar-refractivity contribution is -0.390. The van der Waals surface area contributed by atoms with Gasteiger partial charge in [0, 0.05) is 18.0 Å². The van der Waals surface area contributed by atoms with Crippen LogP contribution in [0.25, 0.3) is 0 Å². The summed E-state index contributed by atoms with van der Waals surface area (Å²) in [6.45, 7) is 6.42. The van der Waals surface area contributed by atoms with Crippen molar-refractivity contribution in [2.45, 2.75) is 113 Å². The third kappa shape index (κ3) is 5.40. The van der Waals surface area contributed by atoms with Crippen molar-refractivity contribution in [2.24, 2.45) is 27.7 Å². The van der Waals surface area contributed by atoms with Gasteiger partial charge in [-0.25, -0.2) is 19.4 Å². The minimum atomic E-state index is -2.87. The van der Waals surface area contributed by atoms with Crippen molar-refractivity contribution in [3.05, 3.63) is 95.8 Å². The number of ether oxygens (including phenoxy) is 5. The van der Waals surface area contributed by atoms with E-state index >= 15 is 0 Å². The molecule has 6 bridgehead atoms. The maximum atomic E-state index is 14.0. The number of aromatic nitrogens is 1. The zero-order valence-electron chi connectivity index (χ0n) is 34.9. The predicted octanol–water partition coefficient (Wildman–Crippen LogP) is 2.57. The Balaban J connectivity index is 1.12. The Morgan fingerprint density at radius 3 is 1.97 bits per heavy atom. The second-order valence-electron chi connectivity index (χ2n) is 17.9. The highest BCUT2D eigenvalue weighted by molar-refractivity contribution is 6.01. The summed E-state index contributed by atoms with van der Waals surface area (Å²) in [5, 5.41) is 70.4. The van der Waals surface area contributed by atoms with Gasteiger partial charge in [0.25, 0.3) is 0 Å². The summed E-state index contributed by atoms with van der Waals surface area (Å²) in [5.74, 6) is -6.79. The third-order valence-electron chi connectivity index (χ3n) is 14.8. The van der Waals surface area contributed by atoms with Gasteiger partial charge in [-0.3, -0.25) is 15.4 Å². The summed E-state index contributed by atoms with van der Waals surface area (Å²) in [6, 6.07) is 20.5. The molecule has 2 amide bonds. The lowest BCUT2D eigenvalue weighted by Crippen LogP contribution is -2.76. The number of nitrogens with one attached hydrogen (secondary N) is 3. The first kappa shape index (κ1) is 43.3. The van der Waals surface area contributed by atoms with Crippen LogP contribution in [0, 0.1) is 22.7 Å². The first-order valence-electron chi connectivity index (χ1n) is 20.6. The molecule has 1 spiro atoms. The van der Waals surface area contributed by atoms with Crippen LogP contribution in [-0.2, 0) is 41.7 Å². The number of aliphatic imine (C=N–C) groups is 1. The van der Waals surface area contributed by atoms with Crippen molar-refractivity contribution in [3.8, 4) is 0 Å². The van der Waals surface area contributed by atoms with E-state index in [9.17, 15) is 44.7 Å². The van der Waals surface area contributed by atoms with Crippen LogP contribution in [-0.4, -0.2) is 113 Å². The van der Waals surface area contributed by atoms with E-state index in [1.54, 1.807) is 87.5 Å². The fourth-order valence-corrected chi connectivity index (χ4v) is 11.9. The molecule has 2 saturated heterocycles. The van der Waals surface area contributed by atoms with Gasteiger partial charge in [-0.05, 0) is 54.9 Å². The van der Waals surface area contributed by atoms with Crippen molar-refractivity contribution in [3.63, 3.8) is 0 Å². The molecule has 2 aliphatic heterocycles. The lowest BCUT2D eigenvalue weighted by atomic mass is 9.52. The molecule has 18 nitrogen and oxygen atoms in total. The number of guanidine groups is 1. The normalized spacial score (nSPS) is 38.2. The molecule has 2 aromatic carbocycles. The molecule has 8 N–H and O–H groups in total. The van der Waals surface area contributed by atoms with Crippen molar-refractivity contribution in [1.29, 1.82) is 0 Å². The second kappa shape index (κ2) is 14.6. The molecular weight excluding hydrogens is 808 g/mol. The number of aromatic amines is 1. The van der Waals surface area contributed by atoms with E-state index in [1.807, 2.05) is 0 Å². The van der Waals surface area contributed by atoms with Crippen LogP contribution in [0.4, 0.5) is 9.59 Å². The van der Waals surface area contributed by atoms with Crippen molar-refractivity contribution < 1.29 is 68.4 Å². The number of hydrogen-bond donors (Lipinski definition) is 8. The molecule has 332 valence electrons. The summed E-state index contributed by atoms with van der Waals surface area (Å²) < 4.78 is 29.2. The lowest BCUT2D eigenvalue weighted by Gasteiger charge is -2.60. The number of benzene rings is 2. The zero-order valence-corrected chi connectivity index (χ0v) is 34.9. The van der Waals surface area contributed by atoms with E-state index in [1.165, 1.54) is 26.1 Å². The van der Waals surface area contributed by atoms with Crippen LogP contribution < -0.4 is 10.6 Å². The van der Waals surface area contributed by atoms with Gasteiger partial charge in [0.05, 0.1) is 5.41 Å². The first-order chi connectivity index (χ1) is 29.2. The fourth-order valence-electron chi connectivity index (χ4n) is 11.9. The van der Waals surface area contributed by atoms with Crippen molar-refractivity contribution >= 4 is 30.1 Å². The Morgan fingerprint density at radius 2 is 1.44 bits per heavy atom. The van der Waals surface area contributed by atoms with E-state index in [4.69, 9.17) is 23.7 Å². The highest BCUT2D eigenvalue weighted by Crippen LogP contribution is 2.90. The van der Waals surface area contributed by atoms with E-state index in [0.29, 0.717) is 11.1 Å². The Bertz CT molecular complexity index is 2220. The quantitative estimate of drug-likeness (QED) is 0.0631.